The second-order valence-electron chi connectivity index (χ2n) is 3.96. The van der Waals surface area contributed by atoms with E-state index < -0.39 is 0 Å². The summed E-state index contributed by atoms with van der Waals surface area (Å²) in [4.78, 5) is 18.1. The van der Waals surface area contributed by atoms with Gasteiger partial charge in [0.25, 0.3) is 0 Å². The summed E-state index contributed by atoms with van der Waals surface area (Å²) in [5, 5.41) is 3.12. The maximum absolute atomic E-state index is 11.3. The predicted octanol–water partition coefficient (Wildman–Crippen LogP) is 0.589. The summed E-state index contributed by atoms with van der Waals surface area (Å²) in [6.45, 7) is 1.65. The fourth-order valence-electron chi connectivity index (χ4n) is 2.30. The van der Waals surface area contributed by atoms with Gasteiger partial charge in [0.05, 0.1) is 11.8 Å². The van der Waals surface area contributed by atoms with E-state index >= 15 is 0 Å². The number of fused-ring (bicyclic) bond motifs is 1. The monoisotopic (exact) mass is 207 g/mol. The number of nitrogens with zero attached hydrogens (tertiary/aromatic N) is 1. The Labute approximate surface area is 86.9 Å². The van der Waals surface area contributed by atoms with Crippen LogP contribution in [0.15, 0.2) is 4.79 Å². The number of hydrogen-bond donors (Lipinski definition) is 2. The van der Waals surface area contributed by atoms with Crippen molar-refractivity contribution in [3.8, 4) is 0 Å². The number of ether oxygens (including phenoxy) is 1. The van der Waals surface area contributed by atoms with Gasteiger partial charge in [0.2, 0.25) is 0 Å². The van der Waals surface area contributed by atoms with Gasteiger partial charge in [-0.15, -0.1) is 0 Å². The van der Waals surface area contributed by atoms with Gasteiger partial charge in [0, 0.05) is 18.7 Å². The van der Waals surface area contributed by atoms with Gasteiger partial charge in [-0.2, -0.15) is 4.98 Å². The summed E-state index contributed by atoms with van der Waals surface area (Å²) < 4.78 is 5.59. The minimum Gasteiger partial charge on any atom is -0.372 e. The van der Waals surface area contributed by atoms with E-state index in [-0.39, 0.29) is 11.8 Å². The van der Waals surface area contributed by atoms with Gasteiger partial charge in [0.1, 0.15) is 5.82 Å². The van der Waals surface area contributed by atoms with Gasteiger partial charge >= 0.3 is 5.69 Å². The third-order valence-corrected chi connectivity index (χ3v) is 2.99. The number of nitrogens with one attached hydrogen (secondary N) is 2. The van der Waals surface area contributed by atoms with Crippen LogP contribution in [0, 0.1) is 0 Å². The van der Waals surface area contributed by atoms with Gasteiger partial charge in [-0.25, -0.2) is 4.79 Å². The van der Waals surface area contributed by atoms with Crippen LogP contribution in [0.3, 0.4) is 0 Å². The first kappa shape index (κ1) is 8.91. The largest absolute Gasteiger partial charge is 0.372 e. The van der Waals surface area contributed by atoms with E-state index in [4.69, 9.17) is 4.74 Å². The Kier molecular flexibility index (Phi) is 1.98. The normalized spacial score (nSPS) is 23.9. The van der Waals surface area contributed by atoms with Crippen LogP contribution in [-0.4, -0.2) is 23.1 Å². The third-order valence-electron chi connectivity index (χ3n) is 2.99. The van der Waals surface area contributed by atoms with Crippen molar-refractivity contribution in [3.05, 3.63) is 21.7 Å². The Morgan fingerprint density at radius 1 is 1.47 bits per heavy atom. The highest BCUT2D eigenvalue weighted by molar-refractivity contribution is 5.51. The number of anilines is 1. The first-order valence-corrected chi connectivity index (χ1v) is 5.33. The molecule has 0 saturated carbocycles. The molecule has 1 saturated heterocycles. The molecular weight excluding hydrogens is 194 g/mol. The molecule has 0 aliphatic carbocycles. The zero-order valence-electron chi connectivity index (χ0n) is 8.38. The summed E-state index contributed by atoms with van der Waals surface area (Å²) in [5.74, 6) is 0.740. The van der Waals surface area contributed by atoms with Gasteiger partial charge in [-0.05, 0) is 19.3 Å². The molecule has 1 unspecified atom stereocenters. The SMILES string of the molecule is O=c1nc2c(c(C3CCCO3)[nH]1)CCN2. The molecule has 1 aromatic rings. The van der Waals surface area contributed by atoms with E-state index in [1.54, 1.807) is 0 Å². The molecule has 1 fully saturated rings. The van der Waals surface area contributed by atoms with Crippen LogP contribution in [0.2, 0.25) is 0 Å². The van der Waals surface area contributed by atoms with Crippen LogP contribution >= 0.6 is 0 Å². The first-order chi connectivity index (χ1) is 7.34. The lowest BCUT2D eigenvalue weighted by Crippen LogP contribution is -2.17. The van der Waals surface area contributed by atoms with Crippen LogP contribution in [0.5, 0.6) is 0 Å². The van der Waals surface area contributed by atoms with Crippen molar-refractivity contribution in [3.63, 3.8) is 0 Å². The van der Waals surface area contributed by atoms with E-state index in [9.17, 15) is 4.79 Å². The Bertz CT molecular complexity index is 435. The van der Waals surface area contributed by atoms with Crippen LogP contribution in [0.25, 0.3) is 0 Å². The van der Waals surface area contributed by atoms with Gasteiger partial charge in [0.15, 0.2) is 0 Å². The van der Waals surface area contributed by atoms with E-state index in [0.29, 0.717) is 0 Å². The van der Waals surface area contributed by atoms with Gasteiger partial charge in [-0.1, -0.05) is 0 Å². The molecule has 3 heterocycles. The van der Waals surface area contributed by atoms with Crippen molar-refractivity contribution >= 4 is 5.82 Å². The topological polar surface area (TPSA) is 67.0 Å². The molecular formula is C10H13N3O2. The predicted molar refractivity (Wildman–Crippen MR) is 55.0 cm³/mol. The van der Waals surface area contributed by atoms with Crippen LogP contribution in [0.1, 0.15) is 30.2 Å². The molecule has 1 aromatic heterocycles. The average Bonchev–Trinajstić information content (AvgIpc) is 2.86. The number of H-pyrrole nitrogens is 1. The Morgan fingerprint density at radius 3 is 3.20 bits per heavy atom. The van der Waals surface area contributed by atoms with E-state index in [1.165, 1.54) is 0 Å². The van der Waals surface area contributed by atoms with Crippen LogP contribution < -0.4 is 11.0 Å². The highest BCUT2D eigenvalue weighted by Crippen LogP contribution is 2.32. The fourth-order valence-corrected chi connectivity index (χ4v) is 2.30. The summed E-state index contributed by atoms with van der Waals surface area (Å²) in [6, 6.07) is 0. The molecule has 1 atom stereocenters. The zero-order chi connectivity index (χ0) is 10.3. The molecule has 0 aromatic carbocycles. The lowest BCUT2D eigenvalue weighted by Gasteiger charge is -2.12. The molecule has 2 aliphatic rings. The molecule has 15 heavy (non-hydrogen) atoms. The fraction of sp³-hybridized carbons (Fsp3) is 0.600. The summed E-state index contributed by atoms with van der Waals surface area (Å²) in [6.07, 6.45) is 3.05. The second kappa shape index (κ2) is 3.34. The number of hydrogen-bond acceptors (Lipinski definition) is 4. The van der Waals surface area contributed by atoms with E-state index in [2.05, 4.69) is 15.3 Å². The van der Waals surface area contributed by atoms with Crippen molar-refractivity contribution in [2.75, 3.05) is 18.5 Å². The zero-order valence-corrected chi connectivity index (χ0v) is 8.38. The van der Waals surface area contributed by atoms with Gasteiger partial charge in [-0.3, -0.25) is 0 Å². The standard InChI is InChI=1S/C10H13N3O2/c14-10-12-8(7-2-1-5-15-7)6-3-4-11-9(6)13-10/h7H,1-5H2,(H2,11,12,13,14). The lowest BCUT2D eigenvalue weighted by atomic mass is 10.1. The highest BCUT2D eigenvalue weighted by atomic mass is 16.5. The maximum atomic E-state index is 11.3. The van der Waals surface area contributed by atoms with E-state index in [1.807, 2.05) is 0 Å². The van der Waals surface area contributed by atoms with Crippen LogP contribution in [0.4, 0.5) is 5.82 Å². The Morgan fingerprint density at radius 2 is 2.40 bits per heavy atom. The molecule has 5 nitrogen and oxygen atoms in total. The van der Waals surface area contributed by atoms with E-state index in [0.717, 1.165) is 49.5 Å². The van der Waals surface area contributed by atoms with Crippen molar-refractivity contribution in [2.24, 2.45) is 0 Å². The molecule has 2 aliphatic heterocycles. The molecule has 0 radical (unpaired) electrons. The Hall–Kier alpha value is -1.36. The summed E-state index contributed by atoms with van der Waals surface area (Å²) in [5.41, 5.74) is 1.78. The number of aromatic amines is 1. The molecule has 80 valence electrons. The lowest BCUT2D eigenvalue weighted by molar-refractivity contribution is 0.108. The minimum atomic E-state index is -0.284. The molecule has 0 amide bonds. The van der Waals surface area contributed by atoms with Crippen molar-refractivity contribution in [1.29, 1.82) is 0 Å². The summed E-state index contributed by atoms with van der Waals surface area (Å²) in [7, 11) is 0. The van der Waals surface area contributed by atoms with Crippen molar-refractivity contribution < 1.29 is 4.74 Å². The van der Waals surface area contributed by atoms with Crippen LogP contribution in [-0.2, 0) is 11.2 Å². The molecule has 0 spiro atoms. The first-order valence-electron chi connectivity index (χ1n) is 5.33. The molecule has 2 N–H and O–H groups in total. The molecule has 5 heteroatoms. The summed E-state index contributed by atoms with van der Waals surface area (Å²) >= 11 is 0. The average molecular weight is 207 g/mol. The highest BCUT2D eigenvalue weighted by Gasteiger charge is 2.26. The number of rotatable bonds is 1. The smallest absolute Gasteiger partial charge is 0.347 e. The quantitative estimate of drug-likeness (QED) is 0.707. The number of aromatic nitrogens is 2. The molecule has 3 rings (SSSR count). The minimum absolute atomic E-state index is 0.0642. The van der Waals surface area contributed by atoms with Crippen molar-refractivity contribution in [1.82, 2.24) is 9.97 Å². The second-order valence-corrected chi connectivity index (χ2v) is 3.96. The third kappa shape index (κ3) is 1.43. The van der Waals surface area contributed by atoms with Gasteiger partial charge < -0.3 is 15.0 Å². The molecule has 0 bridgehead atoms. The van der Waals surface area contributed by atoms with Crippen molar-refractivity contribution in [2.45, 2.75) is 25.4 Å². The maximum Gasteiger partial charge on any atom is 0.347 e. The Balaban J connectivity index is 2.09.